The van der Waals surface area contributed by atoms with Crippen LogP contribution < -0.4 is 4.74 Å². The van der Waals surface area contributed by atoms with Crippen molar-refractivity contribution in [2.24, 2.45) is 0 Å². The molecule has 0 bridgehead atoms. The van der Waals surface area contributed by atoms with Crippen LogP contribution in [0.25, 0.3) is 11.3 Å². The van der Waals surface area contributed by atoms with Crippen LogP contribution in [0.1, 0.15) is 11.3 Å². The molecule has 0 atom stereocenters. The summed E-state index contributed by atoms with van der Waals surface area (Å²) in [6.07, 6.45) is 0. The molecular weight excluding hydrogens is 376 g/mol. The zero-order valence-electron chi connectivity index (χ0n) is 12.7. The summed E-state index contributed by atoms with van der Waals surface area (Å²) < 4.78 is 7.20. The number of ether oxygens (including phenoxy) is 1. The fourth-order valence-corrected chi connectivity index (χ4v) is 3.03. The van der Waals surface area contributed by atoms with Crippen molar-refractivity contribution < 1.29 is 4.74 Å². The van der Waals surface area contributed by atoms with E-state index in [-0.39, 0.29) is 0 Å². The highest BCUT2D eigenvalue weighted by molar-refractivity contribution is 9.08. The lowest BCUT2D eigenvalue weighted by atomic mass is 10.1. The summed E-state index contributed by atoms with van der Waals surface area (Å²) in [6.45, 7) is 0.714. The predicted molar refractivity (Wildman–Crippen MR) is 97.4 cm³/mol. The van der Waals surface area contributed by atoms with Crippen LogP contribution in [-0.2, 0) is 11.9 Å². The molecule has 0 fully saturated rings. The minimum atomic E-state index is 0.714. The molecule has 0 radical (unpaired) electrons. The van der Waals surface area contributed by atoms with E-state index >= 15 is 0 Å². The first-order valence-corrected chi connectivity index (χ1v) is 8.71. The molecule has 0 saturated carbocycles. The molecule has 1 aromatic heterocycles. The summed E-state index contributed by atoms with van der Waals surface area (Å²) in [4.78, 5) is 0. The van der Waals surface area contributed by atoms with Gasteiger partial charge in [-0.1, -0.05) is 51.8 Å². The van der Waals surface area contributed by atoms with Gasteiger partial charge in [-0.15, -0.1) is 0 Å². The van der Waals surface area contributed by atoms with Gasteiger partial charge in [0.05, 0.1) is 19.3 Å². The maximum Gasteiger partial charge on any atom is 0.118 e. The Bertz CT molecular complexity index is 799. The maximum absolute atomic E-state index is 6.08. The fraction of sp³-hybridized carbons (Fsp3) is 0.167. The molecule has 0 aliphatic rings. The van der Waals surface area contributed by atoms with Crippen LogP contribution in [0, 0.1) is 0 Å². The zero-order chi connectivity index (χ0) is 16.2. The minimum absolute atomic E-state index is 0.714. The van der Waals surface area contributed by atoms with Crippen LogP contribution >= 0.6 is 27.5 Å². The number of rotatable bonds is 5. The van der Waals surface area contributed by atoms with E-state index in [1.54, 1.807) is 7.11 Å². The van der Waals surface area contributed by atoms with Crippen molar-refractivity contribution in [1.29, 1.82) is 0 Å². The molecule has 3 aromatic rings. The SMILES string of the molecule is COc1ccc(Cn2nc(-c3cccc(Cl)c3)cc2CBr)cc1. The predicted octanol–water partition coefficient (Wildman–Crippen LogP) is 5.16. The van der Waals surface area contributed by atoms with Gasteiger partial charge in [0.15, 0.2) is 0 Å². The number of methoxy groups -OCH3 is 1. The average Bonchev–Trinajstić information content (AvgIpc) is 2.98. The Morgan fingerprint density at radius 1 is 1.13 bits per heavy atom. The first-order valence-electron chi connectivity index (χ1n) is 7.21. The van der Waals surface area contributed by atoms with Crippen LogP contribution in [0.2, 0.25) is 5.02 Å². The van der Waals surface area contributed by atoms with E-state index in [0.29, 0.717) is 11.6 Å². The summed E-state index contributed by atoms with van der Waals surface area (Å²) in [5.74, 6) is 0.856. The number of nitrogens with zero attached hydrogens (tertiary/aromatic N) is 2. The smallest absolute Gasteiger partial charge is 0.118 e. The molecule has 3 rings (SSSR count). The van der Waals surface area contributed by atoms with E-state index in [2.05, 4.69) is 34.1 Å². The monoisotopic (exact) mass is 390 g/mol. The molecule has 3 nitrogen and oxygen atoms in total. The minimum Gasteiger partial charge on any atom is -0.497 e. The fourth-order valence-electron chi connectivity index (χ4n) is 2.39. The average molecular weight is 392 g/mol. The van der Waals surface area contributed by atoms with Gasteiger partial charge >= 0.3 is 0 Å². The summed E-state index contributed by atoms with van der Waals surface area (Å²) in [7, 11) is 1.67. The largest absolute Gasteiger partial charge is 0.497 e. The second kappa shape index (κ2) is 7.20. The molecule has 0 unspecified atom stereocenters. The third-order valence-corrected chi connectivity index (χ3v) is 4.42. The Kier molecular flexibility index (Phi) is 5.03. The van der Waals surface area contributed by atoms with Gasteiger partial charge in [-0.2, -0.15) is 5.10 Å². The number of halogens is 2. The van der Waals surface area contributed by atoms with Crippen LogP contribution in [0.5, 0.6) is 5.75 Å². The Morgan fingerprint density at radius 2 is 1.91 bits per heavy atom. The number of hydrogen-bond acceptors (Lipinski definition) is 2. The quantitative estimate of drug-likeness (QED) is 0.562. The van der Waals surface area contributed by atoms with E-state index < -0.39 is 0 Å². The van der Waals surface area contributed by atoms with Gasteiger partial charge in [0.1, 0.15) is 5.75 Å². The second-order valence-electron chi connectivity index (χ2n) is 5.17. The molecule has 0 amide bonds. The second-order valence-corrected chi connectivity index (χ2v) is 6.17. The molecule has 118 valence electrons. The zero-order valence-corrected chi connectivity index (χ0v) is 15.0. The van der Waals surface area contributed by atoms with Crippen LogP contribution in [0.3, 0.4) is 0 Å². The number of hydrogen-bond donors (Lipinski definition) is 0. The number of alkyl halides is 1. The Hall–Kier alpha value is -1.78. The lowest BCUT2D eigenvalue weighted by molar-refractivity contribution is 0.414. The molecule has 0 N–H and O–H groups in total. The topological polar surface area (TPSA) is 27.1 Å². The standard InChI is InChI=1S/C18H16BrClN2O/c1-23-17-7-5-13(6-8-17)12-22-16(11-19)10-18(21-22)14-3-2-4-15(20)9-14/h2-10H,11-12H2,1H3. The first kappa shape index (κ1) is 16.1. The van der Waals surface area contributed by atoms with E-state index in [0.717, 1.165) is 28.0 Å². The van der Waals surface area contributed by atoms with E-state index in [4.69, 9.17) is 21.4 Å². The Labute approximate surface area is 149 Å². The molecule has 2 aromatic carbocycles. The molecule has 0 aliphatic heterocycles. The van der Waals surface area contributed by atoms with Crippen molar-refractivity contribution in [2.45, 2.75) is 11.9 Å². The first-order chi connectivity index (χ1) is 11.2. The highest BCUT2D eigenvalue weighted by Gasteiger charge is 2.10. The van der Waals surface area contributed by atoms with Gasteiger partial charge < -0.3 is 4.74 Å². The van der Waals surface area contributed by atoms with E-state index in [1.807, 2.05) is 41.1 Å². The van der Waals surface area contributed by atoms with Gasteiger partial charge in [-0.05, 0) is 35.9 Å². The van der Waals surface area contributed by atoms with Crippen molar-refractivity contribution in [1.82, 2.24) is 9.78 Å². The summed E-state index contributed by atoms with van der Waals surface area (Å²) in [5, 5.41) is 6.19. The van der Waals surface area contributed by atoms with Crippen molar-refractivity contribution in [3.63, 3.8) is 0 Å². The van der Waals surface area contributed by atoms with Gasteiger partial charge in [0.2, 0.25) is 0 Å². The third-order valence-electron chi connectivity index (χ3n) is 3.61. The van der Waals surface area contributed by atoms with E-state index in [9.17, 15) is 0 Å². The van der Waals surface area contributed by atoms with Crippen molar-refractivity contribution in [3.8, 4) is 17.0 Å². The summed E-state index contributed by atoms with van der Waals surface area (Å²) in [6, 6.07) is 17.9. The molecule has 0 saturated heterocycles. The lowest BCUT2D eigenvalue weighted by Crippen LogP contribution is -2.05. The molecule has 5 heteroatoms. The molecular formula is C18H16BrClN2O. The van der Waals surface area contributed by atoms with Crippen LogP contribution in [-0.4, -0.2) is 16.9 Å². The van der Waals surface area contributed by atoms with Crippen LogP contribution in [0.4, 0.5) is 0 Å². The van der Waals surface area contributed by atoms with Crippen molar-refractivity contribution in [2.75, 3.05) is 7.11 Å². The Balaban J connectivity index is 1.89. The van der Waals surface area contributed by atoms with E-state index in [1.165, 1.54) is 5.56 Å². The highest BCUT2D eigenvalue weighted by atomic mass is 79.9. The Morgan fingerprint density at radius 3 is 2.57 bits per heavy atom. The molecule has 0 spiro atoms. The molecule has 1 heterocycles. The van der Waals surface area contributed by atoms with Crippen molar-refractivity contribution in [3.05, 3.63) is 70.9 Å². The summed E-state index contributed by atoms with van der Waals surface area (Å²) >= 11 is 9.62. The van der Waals surface area contributed by atoms with Gasteiger partial charge in [0.25, 0.3) is 0 Å². The van der Waals surface area contributed by atoms with Gasteiger partial charge in [-0.3, -0.25) is 4.68 Å². The van der Waals surface area contributed by atoms with Crippen molar-refractivity contribution >= 4 is 27.5 Å². The maximum atomic E-state index is 6.08. The normalized spacial score (nSPS) is 10.7. The molecule has 23 heavy (non-hydrogen) atoms. The number of benzene rings is 2. The lowest BCUT2D eigenvalue weighted by Gasteiger charge is -2.06. The van der Waals surface area contributed by atoms with Crippen LogP contribution in [0.15, 0.2) is 54.6 Å². The van der Waals surface area contributed by atoms with Gasteiger partial charge in [0, 0.05) is 21.6 Å². The number of aromatic nitrogens is 2. The summed E-state index contributed by atoms with van der Waals surface area (Å²) in [5.41, 5.74) is 4.24. The van der Waals surface area contributed by atoms with Gasteiger partial charge in [-0.25, -0.2) is 0 Å². The highest BCUT2D eigenvalue weighted by Crippen LogP contribution is 2.24. The molecule has 0 aliphatic carbocycles. The third kappa shape index (κ3) is 3.77.